The number of rotatable bonds is 9. The van der Waals surface area contributed by atoms with Crippen molar-refractivity contribution >= 4 is 29.5 Å². The highest BCUT2D eigenvalue weighted by Gasteiger charge is 2.38. The van der Waals surface area contributed by atoms with Crippen molar-refractivity contribution in [2.24, 2.45) is 11.8 Å². The molecule has 140 valence electrons. The van der Waals surface area contributed by atoms with Crippen LogP contribution < -0.4 is 0 Å². The Morgan fingerprint density at radius 1 is 1.32 bits per heavy atom. The average molecular weight is 375 g/mol. The number of alkyl halides is 1. The Hall–Kier alpha value is -1.86. The third-order valence-corrected chi connectivity index (χ3v) is 4.08. The standard InChI is InChI=1S/C17H23ClO7/c1-3-14(20)23-7-8-24-16(21)13-6-4-5-11(2)15(13)17(22)25-10-12(19)9-18/h3,5,12-13,15,19H,1,4,6-10H2,2H3. The van der Waals surface area contributed by atoms with Gasteiger partial charge in [-0.25, -0.2) is 4.79 Å². The van der Waals surface area contributed by atoms with Gasteiger partial charge < -0.3 is 19.3 Å². The van der Waals surface area contributed by atoms with Crippen LogP contribution in [0.25, 0.3) is 0 Å². The fourth-order valence-corrected chi connectivity index (χ4v) is 2.56. The van der Waals surface area contributed by atoms with Crippen molar-refractivity contribution in [3.63, 3.8) is 0 Å². The van der Waals surface area contributed by atoms with Crippen molar-refractivity contribution in [2.45, 2.75) is 25.9 Å². The molecule has 0 aromatic heterocycles. The number of carbonyl (C=O) groups is 3. The fourth-order valence-electron chi connectivity index (χ4n) is 2.47. The van der Waals surface area contributed by atoms with Crippen LogP contribution in [0.1, 0.15) is 19.8 Å². The quantitative estimate of drug-likeness (QED) is 0.162. The maximum absolute atomic E-state index is 12.3. The molecule has 0 fully saturated rings. The summed E-state index contributed by atoms with van der Waals surface area (Å²) in [6, 6.07) is 0. The zero-order valence-electron chi connectivity index (χ0n) is 14.1. The molecule has 0 bridgehead atoms. The van der Waals surface area contributed by atoms with Crippen molar-refractivity contribution in [1.29, 1.82) is 0 Å². The number of esters is 3. The van der Waals surface area contributed by atoms with Gasteiger partial charge in [-0.3, -0.25) is 9.59 Å². The first-order valence-corrected chi connectivity index (χ1v) is 8.47. The zero-order valence-corrected chi connectivity index (χ0v) is 14.9. The Morgan fingerprint density at radius 2 is 2.00 bits per heavy atom. The number of allylic oxidation sites excluding steroid dienone is 1. The number of hydrogen-bond donors (Lipinski definition) is 1. The van der Waals surface area contributed by atoms with Crippen LogP contribution in [0.3, 0.4) is 0 Å². The van der Waals surface area contributed by atoms with Crippen LogP contribution in [0.4, 0.5) is 0 Å². The lowest BCUT2D eigenvalue weighted by atomic mass is 9.79. The SMILES string of the molecule is C=CC(=O)OCCOC(=O)C1CCC=C(C)C1C(=O)OCC(O)CCl. The summed E-state index contributed by atoms with van der Waals surface area (Å²) in [7, 11) is 0. The number of hydrogen-bond acceptors (Lipinski definition) is 7. The molecule has 1 aliphatic rings. The van der Waals surface area contributed by atoms with E-state index in [9.17, 15) is 19.5 Å². The van der Waals surface area contributed by atoms with Gasteiger partial charge in [0.25, 0.3) is 0 Å². The molecule has 0 aromatic carbocycles. The van der Waals surface area contributed by atoms with Crippen LogP contribution in [0.2, 0.25) is 0 Å². The first kappa shape index (κ1) is 21.2. The third kappa shape index (κ3) is 6.88. The van der Waals surface area contributed by atoms with Gasteiger partial charge in [0, 0.05) is 6.08 Å². The number of halogens is 1. The molecule has 3 atom stereocenters. The van der Waals surface area contributed by atoms with Crippen molar-refractivity contribution < 1.29 is 33.7 Å². The van der Waals surface area contributed by atoms with E-state index in [1.54, 1.807) is 6.92 Å². The minimum Gasteiger partial charge on any atom is -0.462 e. The molecule has 0 aromatic rings. The van der Waals surface area contributed by atoms with Gasteiger partial charge in [0.1, 0.15) is 25.9 Å². The monoisotopic (exact) mass is 374 g/mol. The minimum absolute atomic E-state index is 0.0539. The van der Waals surface area contributed by atoms with E-state index < -0.39 is 35.8 Å². The van der Waals surface area contributed by atoms with E-state index in [1.807, 2.05) is 6.08 Å². The van der Waals surface area contributed by atoms with Crippen LogP contribution in [0, 0.1) is 11.8 Å². The van der Waals surface area contributed by atoms with Crippen molar-refractivity contribution in [3.05, 3.63) is 24.3 Å². The fraction of sp³-hybridized carbons (Fsp3) is 0.588. The van der Waals surface area contributed by atoms with Gasteiger partial charge >= 0.3 is 17.9 Å². The molecular formula is C17H23ClO7. The van der Waals surface area contributed by atoms with Crippen LogP contribution in [0.15, 0.2) is 24.3 Å². The molecule has 0 aliphatic heterocycles. The van der Waals surface area contributed by atoms with E-state index in [4.69, 9.17) is 25.8 Å². The number of aliphatic hydroxyl groups is 1. The van der Waals surface area contributed by atoms with E-state index in [0.29, 0.717) is 12.8 Å². The van der Waals surface area contributed by atoms with E-state index in [2.05, 4.69) is 6.58 Å². The Bertz CT molecular complexity index is 529. The summed E-state index contributed by atoms with van der Waals surface area (Å²) >= 11 is 5.46. The van der Waals surface area contributed by atoms with Gasteiger partial charge in [0.15, 0.2) is 0 Å². The molecule has 0 saturated heterocycles. The van der Waals surface area contributed by atoms with E-state index in [1.165, 1.54) is 0 Å². The summed E-state index contributed by atoms with van der Waals surface area (Å²) in [4.78, 5) is 35.5. The maximum Gasteiger partial charge on any atom is 0.330 e. The van der Waals surface area contributed by atoms with Gasteiger partial charge in [0.05, 0.1) is 17.7 Å². The molecule has 3 unspecified atom stereocenters. The molecular weight excluding hydrogens is 352 g/mol. The largest absolute Gasteiger partial charge is 0.462 e. The van der Waals surface area contributed by atoms with Gasteiger partial charge in [-0.2, -0.15) is 0 Å². The Kier molecular flexibility index (Phi) is 9.23. The molecule has 0 amide bonds. The van der Waals surface area contributed by atoms with Crippen molar-refractivity contribution in [3.8, 4) is 0 Å². The normalized spacial score (nSPS) is 20.8. The molecule has 1 rings (SSSR count). The van der Waals surface area contributed by atoms with E-state index in [0.717, 1.165) is 11.6 Å². The average Bonchev–Trinajstić information content (AvgIpc) is 2.62. The highest BCUT2D eigenvalue weighted by molar-refractivity contribution is 6.18. The summed E-state index contributed by atoms with van der Waals surface area (Å²) in [5.41, 5.74) is 0.719. The van der Waals surface area contributed by atoms with Gasteiger partial charge in [0.2, 0.25) is 0 Å². The Balaban J connectivity index is 2.60. The zero-order chi connectivity index (χ0) is 18.8. The lowest BCUT2D eigenvalue weighted by Crippen LogP contribution is -2.36. The van der Waals surface area contributed by atoms with Crippen LogP contribution in [-0.2, 0) is 28.6 Å². The number of aliphatic hydroxyl groups excluding tert-OH is 1. The first-order chi connectivity index (χ1) is 11.9. The summed E-state index contributed by atoms with van der Waals surface area (Å²) < 4.78 is 14.9. The topological polar surface area (TPSA) is 99.1 Å². The predicted molar refractivity (Wildman–Crippen MR) is 89.8 cm³/mol. The molecule has 7 nitrogen and oxygen atoms in total. The highest BCUT2D eigenvalue weighted by Crippen LogP contribution is 2.32. The molecule has 1 aliphatic carbocycles. The Labute approximate surface area is 151 Å². The molecule has 25 heavy (non-hydrogen) atoms. The van der Waals surface area contributed by atoms with Crippen molar-refractivity contribution in [1.82, 2.24) is 0 Å². The minimum atomic E-state index is -0.955. The molecule has 1 N–H and O–H groups in total. The lowest BCUT2D eigenvalue weighted by molar-refractivity contribution is -0.162. The lowest BCUT2D eigenvalue weighted by Gasteiger charge is -2.28. The summed E-state index contributed by atoms with van der Waals surface area (Å²) in [5, 5.41) is 9.39. The first-order valence-electron chi connectivity index (χ1n) is 7.93. The van der Waals surface area contributed by atoms with Crippen molar-refractivity contribution in [2.75, 3.05) is 25.7 Å². The van der Waals surface area contributed by atoms with Crippen LogP contribution >= 0.6 is 11.6 Å². The van der Waals surface area contributed by atoms with Crippen LogP contribution in [-0.4, -0.2) is 54.8 Å². The summed E-state index contributed by atoms with van der Waals surface area (Å²) in [6.07, 6.45) is 3.02. The number of ether oxygens (including phenoxy) is 3. The molecule has 0 spiro atoms. The summed E-state index contributed by atoms with van der Waals surface area (Å²) in [5.74, 6) is -3.26. The van der Waals surface area contributed by atoms with E-state index >= 15 is 0 Å². The summed E-state index contributed by atoms with van der Waals surface area (Å²) in [6.45, 7) is 4.58. The van der Waals surface area contributed by atoms with Gasteiger partial charge in [-0.05, 0) is 19.8 Å². The Morgan fingerprint density at radius 3 is 2.64 bits per heavy atom. The molecule has 0 heterocycles. The molecule has 8 heteroatoms. The third-order valence-electron chi connectivity index (χ3n) is 3.73. The maximum atomic E-state index is 12.3. The highest BCUT2D eigenvalue weighted by atomic mass is 35.5. The van der Waals surface area contributed by atoms with Crippen LogP contribution in [0.5, 0.6) is 0 Å². The predicted octanol–water partition coefficient (Wildman–Crippen LogP) is 1.37. The van der Waals surface area contributed by atoms with Gasteiger partial charge in [-0.15, -0.1) is 11.6 Å². The molecule has 0 radical (unpaired) electrons. The second-order valence-corrected chi connectivity index (χ2v) is 5.90. The molecule has 0 saturated carbocycles. The van der Waals surface area contributed by atoms with Gasteiger partial charge in [-0.1, -0.05) is 18.2 Å². The van der Waals surface area contributed by atoms with E-state index in [-0.39, 0.29) is 25.7 Å². The second kappa shape index (κ2) is 10.9. The second-order valence-electron chi connectivity index (χ2n) is 5.59. The number of carbonyl (C=O) groups excluding carboxylic acids is 3. The smallest absolute Gasteiger partial charge is 0.330 e.